The molecule has 0 saturated carbocycles. The number of nitrogens with one attached hydrogen (secondary N) is 1. The predicted octanol–water partition coefficient (Wildman–Crippen LogP) is 6.98. The van der Waals surface area contributed by atoms with Crippen LogP contribution in [0.4, 0.5) is 0 Å². The minimum Gasteiger partial charge on any atom is -0.308 e. The van der Waals surface area contributed by atoms with E-state index in [1.54, 1.807) is 0 Å². The van der Waals surface area contributed by atoms with Crippen molar-refractivity contribution < 1.29 is 0 Å². The first-order chi connectivity index (χ1) is 11.6. The SMILES string of the molecule is CC(C)=C/C=C(C=N)/C(C)=C/c1ccc2c(c1)C(C)(C)CCC2(C)C. The van der Waals surface area contributed by atoms with Crippen LogP contribution < -0.4 is 0 Å². The zero-order chi connectivity index (χ0) is 18.8. The van der Waals surface area contributed by atoms with Gasteiger partial charge in [-0.3, -0.25) is 0 Å². The molecule has 1 N–H and O–H groups in total. The van der Waals surface area contributed by atoms with Gasteiger partial charge in [-0.15, -0.1) is 0 Å². The minimum atomic E-state index is 0.227. The third kappa shape index (κ3) is 4.39. The van der Waals surface area contributed by atoms with Crippen LogP contribution >= 0.6 is 0 Å². The molecule has 1 aliphatic rings. The third-order valence-corrected chi connectivity index (χ3v) is 5.47. The van der Waals surface area contributed by atoms with Crippen molar-refractivity contribution in [1.29, 1.82) is 5.41 Å². The summed E-state index contributed by atoms with van der Waals surface area (Å²) in [7, 11) is 0. The summed E-state index contributed by atoms with van der Waals surface area (Å²) >= 11 is 0. The quantitative estimate of drug-likeness (QED) is 0.453. The lowest BCUT2D eigenvalue weighted by Gasteiger charge is -2.42. The van der Waals surface area contributed by atoms with Crippen LogP contribution in [0.5, 0.6) is 0 Å². The fraction of sp³-hybridized carbons (Fsp3) is 0.458. The zero-order valence-corrected chi connectivity index (χ0v) is 17.0. The molecule has 0 unspecified atom stereocenters. The van der Waals surface area contributed by atoms with Gasteiger partial charge in [-0.25, -0.2) is 0 Å². The van der Waals surface area contributed by atoms with Gasteiger partial charge in [0.25, 0.3) is 0 Å². The zero-order valence-electron chi connectivity index (χ0n) is 17.0. The van der Waals surface area contributed by atoms with Gasteiger partial charge in [-0.1, -0.05) is 69.7 Å². The number of hydrogen-bond acceptors (Lipinski definition) is 1. The fourth-order valence-electron chi connectivity index (χ4n) is 3.58. The summed E-state index contributed by atoms with van der Waals surface area (Å²) in [5.41, 5.74) is 8.01. The standard InChI is InChI=1S/C24H33N/c1-17(2)8-10-20(16-25)18(3)14-19-9-11-21-22(15-19)24(6,7)13-12-23(21,4)5/h8-11,14-16,25H,12-13H2,1-7H3/b18-14+,20-10+,25-16?. The molecule has 1 aliphatic carbocycles. The van der Waals surface area contributed by atoms with Crippen molar-refractivity contribution in [2.45, 2.75) is 72.1 Å². The molecule has 134 valence electrons. The van der Waals surface area contributed by atoms with Crippen molar-refractivity contribution in [3.8, 4) is 0 Å². The number of benzene rings is 1. The van der Waals surface area contributed by atoms with E-state index in [1.165, 1.54) is 41.3 Å². The maximum Gasteiger partial charge on any atom is 0.0252 e. The molecular weight excluding hydrogens is 302 g/mol. The lowest BCUT2D eigenvalue weighted by molar-refractivity contribution is 0.332. The average Bonchev–Trinajstić information content (AvgIpc) is 2.52. The number of rotatable bonds is 4. The molecule has 0 radical (unpaired) electrons. The second-order valence-corrected chi connectivity index (χ2v) is 8.91. The molecule has 0 saturated heterocycles. The van der Waals surface area contributed by atoms with Crippen LogP contribution in [0, 0.1) is 5.41 Å². The van der Waals surface area contributed by atoms with E-state index in [2.05, 4.69) is 78.8 Å². The third-order valence-electron chi connectivity index (χ3n) is 5.47. The van der Waals surface area contributed by atoms with Crippen LogP contribution in [-0.2, 0) is 10.8 Å². The lowest BCUT2D eigenvalue weighted by Crippen LogP contribution is -2.33. The Hall–Kier alpha value is -1.89. The molecule has 1 aromatic carbocycles. The van der Waals surface area contributed by atoms with E-state index in [4.69, 9.17) is 5.41 Å². The highest BCUT2D eigenvalue weighted by Gasteiger charge is 2.36. The highest BCUT2D eigenvalue weighted by Crippen LogP contribution is 2.46. The predicted molar refractivity (Wildman–Crippen MR) is 112 cm³/mol. The first-order valence-electron chi connectivity index (χ1n) is 9.26. The van der Waals surface area contributed by atoms with Gasteiger partial charge in [-0.2, -0.15) is 0 Å². The molecule has 0 heterocycles. The van der Waals surface area contributed by atoms with Crippen molar-refractivity contribution in [3.05, 3.63) is 63.8 Å². The second kappa shape index (κ2) is 7.15. The van der Waals surface area contributed by atoms with Crippen molar-refractivity contribution >= 4 is 12.3 Å². The molecule has 0 aliphatic heterocycles. The summed E-state index contributed by atoms with van der Waals surface area (Å²) in [6.07, 6.45) is 10.2. The number of hydrogen-bond donors (Lipinski definition) is 1. The second-order valence-electron chi connectivity index (χ2n) is 8.91. The smallest absolute Gasteiger partial charge is 0.0252 e. The molecule has 1 heteroatoms. The minimum absolute atomic E-state index is 0.227. The van der Waals surface area contributed by atoms with Crippen LogP contribution in [-0.4, -0.2) is 6.21 Å². The lowest BCUT2D eigenvalue weighted by atomic mass is 9.63. The monoisotopic (exact) mass is 335 g/mol. The van der Waals surface area contributed by atoms with Gasteiger partial charge in [-0.05, 0) is 72.3 Å². The van der Waals surface area contributed by atoms with Crippen molar-refractivity contribution in [2.75, 3.05) is 0 Å². The molecule has 0 spiro atoms. The van der Waals surface area contributed by atoms with Crippen molar-refractivity contribution in [3.63, 3.8) is 0 Å². The summed E-state index contributed by atoms with van der Waals surface area (Å²) in [5.74, 6) is 0. The van der Waals surface area contributed by atoms with E-state index < -0.39 is 0 Å². The van der Waals surface area contributed by atoms with Gasteiger partial charge in [0.05, 0.1) is 0 Å². The van der Waals surface area contributed by atoms with Gasteiger partial charge >= 0.3 is 0 Å². The molecule has 1 nitrogen and oxygen atoms in total. The molecular formula is C24H33N. The average molecular weight is 336 g/mol. The van der Waals surface area contributed by atoms with Crippen LogP contribution in [0.2, 0.25) is 0 Å². The Balaban J connectivity index is 2.47. The van der Waals surface area contributed by atoms with E-state index in [0.717, 1.165) is 11.1 Å². The van der Waals surface area contributed by atoms with Crippen LogP contribution in [0.15, 0.2) is 47.1 Å². The Bertz CT molecular complexity index is 750. The maximum atomic E-state index is 7.70. The Morgan fingerprint density at radius 2 is 1.52 bits per heavy atom. The first-order valence-corrected chi connectivity index (χ1v) is 9.26. The van der Waals surface area contributed by atoms with E-state index >= 15 is 0 Å². The summed E-state index contributed by atoms with van der Waals surface area (Å²) in [6.45, 7) is 15.7. The highest BCUT2D eigenvalue weighted by atomic mass is 14.4. The van der Waals surface area contributed by atoms with Gasteiger partial charge in [0.2, 0.25) is 0 Å². The highest BCUT2D eigenvalue weighted by molar-refractivity contribution is 5.85. The molecule has 0 amide bonds. The molecule has 2 rings (SSSR count). The number of fused-ring (bicyclic) bond motifs is 1. The van der Waals surface area contributed by atoms with E-state index in [1.807, 2.05) is 6.08 Å². The summed E-state index contributed by atoms with van der Waals surface area (Å²) in [5, 5.41) is 7.70. The van der Waals surface area contributed by atoms with Gasteiger partial charge < -0.3 is 5.41 Å². The molecule has 0 bridgehead atoms. The fourth-order valence-corrected chi connectivity index (χ4v) is 3.58. The Labute approximate surface area is 154 Å². The van der Waals surface area contributed by atoms with Crippen LogP contribution in [0.1, 0.15) is 78.0 Å². The largest absolute Gasteiger partial charge is 0.308 e. The van der Waals surface area contributed by atoms with E-state index in [-0.39, 0.29) is 10.8 Å². The summed E-state index contributed by atoms with van der Waals surface area (Å²) in [6, 6.07) is 6.91. The summed E-state index contributed by atoms with van der Waals surface area (Å²) in [4.78, 5) is 0. The normalized spacial score (nSPS) is 19.2. The summed E-state index contributed by atoms with van der Waals surface area (Å²) < 4.78 is 0. The Morgan fingerprint density at radius 1 is 0.920 bits per heavy atom. The molecule has 1 aromatic rings. The van der Waals surface area contributed by atoms with E-state index in [0.29, 0.717) is 0 Å². The van der Waals surface area contributed by atoms with E-state index in [9.17, 15) is 0 Å². The number of allylic oxidation sites excluding steroid dienone is 5. The van der Waals surface area contributed by atoms with Crippen molar-refractivity contribution in [1.82, 2.24) is 0 Å². The Morgan fingerprint density at radius 3 is 2.08 bits per heavy atom. The van der Waals surface area contributed by atoms with Crippen molar-refractivity contribution in [2.24, 2.45) is 0 Å². The Kier molecular flexibility index (Phi) is 5.56. The van der Waals surface area contributed by atoms with Gasteiger partial charge in [0, 0.05) is 6.21 Å². The van der Waals surface area contributed by atoms with Crippen LogP contribution in [0.25, 0.3) is 6.08 Å². The molecule has 25 heavy (non-hydrogen) atoms. The van der Waals surface area contributed by atoms with Crippen LogP contribution in [0.3, 0.4) is 0 Å². The first kappa shape index (κ1) is 19.4. The van der Waals surface area contributed by atoms with Gasteiger partial charge in [0.1, 0.15) is 0 Å². The molecule has 0 fully saturated rings. The topological polar surface area (TPSA) is 23.9 Å². The molecule has 0 aromatic heterocycles. The maximum absolute atomic E-state index is 7.70. The van der Waals surface area contributed by atoms with Gasteiger partial charge in [0.15, 0.2) is 0 Å². The molecule has 0 atom stereocenters.